The van der Waals surface area contributed by atoms with Gasteiger partial charge in [0, 0.05) is 11.8 Å². The molecule has 0 aliphatic heterocycles. The quantitative estimate of drug-likeness (QED) is 0.650. The van der Waals surface area contributed by atoms with E-state index in [1.54, 1.807) is 12.1 Å². The molecule has 0 radical (unpaired) electrons. The largest absolute Gasteiger partial charge is 0.338 e. The van der Waals surface area contributed by atoms with Gasteiger partial charge >= 0.3 is 0 Å². The molecule has 8 heteroatoms. The molecule has 3 rings (SSSR count). The molecule has 5 nitrogen and oxygen atoms in total. The van der Waals surface area contributed by atoms with Gasteiger partial charge in [0.2, 0.25) is 0 Å². The lowest BCUT2D eigenvalue weighted by Crippen LogP contribution is -2.15. The Morgan fingerprint density at radius 1 is 1.00 bits per heavy atom. The van der Waals surface area contributed by atoms with Gasteiger partial charge in [-0.25, -0.2) is 23.1 Å². The first-order chi connectivity index (χ1) is 13.0. The third-order valence-electron chi connectivity index (χ3n) is 3.84. The van der Waals surface area contributed by atoms with E-state index >= 15 is 0 Å². The molecule has 0 atom stereocenters. The Labute approximate surface area is 153 Å². The molecule has 0 saturated heterocycles. The van der Waals surface area contributed by atoms with Crippen LogP contribution in [0.3, 0.4) is 0 Å². The maximum absolute atomic E-state index is 13.8. The highest BCUT2D eigenvalue weighted by Crippen LogP contribution is 2.23. The molecule has 0 saturated carbocycles. The zero-order chi connectivity index (χ0) is 19.4. The Balaban J connectivity index is 1.81. The Morgan fingerprint density at radius 3 is 2.56 bits per heavy atom. The van der Waals surface area contributed by atoms with E-state index in [0.29, 0.717) is 5.69 Å². The zero-order valence-corrected chi connectivity index (χ0v) is 14.3. The van der Waals surface area contributed by atoms with Gasteiger partial charge in [0.25, 0.3) is 5.91 Å². The van der Waals surface area contributed by atoms with Crippen LogP contribution in [0.1, 0.15) is 23.0 Å². The maximum Gasteiger partial charge on any atom is 0.274 e. The van der Waals surface area contributed by atoms with Crippen LogP contribution in [-0.2, 0) is 6.42 Å². The third-order valence-corrected chi connectivity index (χ3v) is 3.84. The average Bonchev–Trinajstić information content (AvgIpc) is 2.69. The van der Waals surface area contributed by atoms with E-state index in [0.717, 1.165) is 30.4 Å². The Hall–Kier alpha value is -3.42. The van der Waals surface area contributed by atoms with Crippen LogP contribution in [0.25, 0.3) is 0 Å². The molecule has 1 amide bonds. The fourth-order valence-corrected chi connectivity index (χ4v) is 2.45. The van der Waals surface area contributed by atoms with Gasteiger partial charge in [-0.3, -0.25) is 4.79 Å². The minimum atomic E-state index is -1.59. The van der Waals surface area contributed by atoms with Crippen molar-refractivity contribution in [1.29, 1.82) is 0 Å². The van der Waals surface area contributed by atoms with Crippen molar-refractivity contribution in [2.75, 3.05) is 10.6 Å². The van der Waals surface area contributed by atoms with E-state index in [1.165, 1.54) is 6.07 Å². The molecule has 0 aliphatic rings. The molecular weight excluding hydrogens is 357 g/mol. The summed E-state index contributed by atoms with van der Waals surface area (Å²) >= 11 is 0. The summed E-state index contributed by atoms with van der Waals surface area (Å²) in [6.07, 6.45) is 1.85. The molecule has 27 heavy (non-hydrogen) atoms. The number of benzene rings is 2. The number of aromatic nitrogens is 2. The van der Waals surface area contributed by atoms with Crippen molar-refractivity contribution in [3.05, 3.63) is 77.5 Å². The first-order valence-electron chi connectivity index (χ1n) is 8.11. The highest BCUT2D eigenvalue weighted by molar-refractivity contribution is 6.03. The van der Waals surface area contributed by atoms with Crippen molar-refractivity contribution < 1.29 is 18.0 Å². The van der Waals surface area contributed by atoms with Gasteiger partial charge in [0.1, 0.15) is 17.8 Å². The molecule has 0 unspecified atom stereocenters. The first-order valence-corrected chi connectivity index (χ1v) is 8.11. The Bertz CT molecular complexity index is 994. The molecule has 0 aliphatic carbocycles. The molecule has 2 aromatic carbocycles. The predicted molar refractivity (Wildman–Crippen MR) is 95.4 cm³/mol. The number of carbonyl (C=O) groups excluding carboxylic acids is 1. The molecule has 0 fully saturated rings. The van der Waals surface area contributed by atoms with Crippen molar-refractivity contribution in [2.45, 2.75) is 13.3 Å². The SMILES string of the molecule is CCc1ccccc1NC(=O)c1cc(Nc2ccc(F)c(F)c2F)ncn1. The standard InChI is InChI=1S/C19H15F3N4O/c1-2-11-5-3-4-6-13(11)26-19(27)15-9-16(24-10-23-15)25-14-8-7-12(20)17(21)18(14)22/h3-10H,2H2,1H3,(H,26,27)(H,23,24,25). The number of hydrogen-bond acceptors (Lipinski definition) is 4. The third kappa shape index (κ3) is 4.05. The van der Waals surface area contributed by atoms with Gasteiger partial charge in [0.05, 0.1) is 5.69 Å². The molecule has 0 bridgehead atoms. The number of carbonyl (C=O) groups is 1. The zero-order valence-electron chi connectivity index (χ0n) is 14.3. The predicted octanol–water partition coefficient (Wildman–Crippen LogP) is 4.45. The van der Waals surface area contributed by atoms with Gasteiger partial charge in [-0.2, -0.15) is 0 Å². The monoisotopic (exact) mass is 372 g/mol. The Morgan fingerprint density at radius 2 is 1.78 bits per heavy atom. The molecular formula is C19H15F3N4O. The van der Waals surface area contributed by atoms with Crippen LogP contribution < -0.4 is 10.6 Å². The first kappa shape index (κ1) is 18.4. The number of hydrogen-bond donors (Lipinski definition) is 2. The van der Waals surface area contributed by atoms with E-state index in [1.807, 2.05) is 19.1 Å². The minimum Gasteiger partial charge on any atom is -0.338 e. The van der Waals surface area contributed by atoms with E-state index in [2.05, 4.69) is 20.6 Å². The summed E-state index contributed by atoms with van der Waals surface area (Å²) in [5.74, 6) is -4.69. The summed E-state index contributed by atoms with van der Waals surface area (Å²) in [5, 5.41) is 5.27. The van der Waals surface area contributed by atoms with E-state index in [9.17, 15) is 18.0 Å². The highest BCUT2D eigenvalue weighted by Gasteiger charge is 2.15. The van der Waals surface area contributed by atoms with Crippen LogP contribution in [0, 0.1) is 17.5 Å². The molecule has 138 valence electrons. The normalized spacial score (nSPS) is 10.5. The molecule has 3 aromatic rings. The summed E-state index contributed by atoms with van der Waals surface area (Å²) in [4.78, 5) is 20.2. The van der Waals surface area contributed by atoms with E-state index in [-0.39, 0.29) is 17.2 Å². The number of aryl methyl sites for hydroxylation is 1. The van der Waals surface area contributed by atoms with Crippen molar-refractivity contribution in [3.8, 4) is 0 Å². The van der Waals surface area contributed by atoms with Gasteiger partial charge in [-0.05, 0) is 30.2 Å². The number of amides is 1. The fraction of sp³-hybridized carbons (Fsp3) is 0.105. The van der Waals surface area contributed by atoms with Crippen molar-refractivity contribution in [1.82, 2.24) is 9.97 Å². The highest BCUT2D eigenvalue weighted by atomic mass is 19.2. The van der Waals surface area contributed by atoms with Crippen molar-refractivity contribution in [2.24, 2.45) is 0 Å². The topological polar surface area (TPSA) is 66.9 Å². The molecule has 1 aromatic heterocycles. The average molecular weight is 372 g/mol. The summed E-state index contributed by atoms with van der Waals surface area (Å²) in [6.45, 7) is 1.97. The Kier molecular flexibility index (Phi) is 5.35. The van der Waals surface area contributed by atoms with Gasteiger partial charge in [-0.15, -0.1) is 0 Å². The van der Waals surface area contributed by atoms with E-state index in [4.69, 9.17) is 0 Å². The van der Waals surface area contributed by atoms with Crippen molar-refractivity contribution in [3.63, 3.8) is 0 Å². The number of rotatable bonds is 5. The second-order valence-corrected chi connectivity index (χ2v) is 5.60. The van der Waals surface area contributed by atoms with Crippen LogP contribution in [0.4, 0.5) is 30.4 Å². The lowest BCUT2D eigenvalue weighted by Gasteiger charge is -2.11. The second-order valence-electron chi connectivity index (χ2n) is 5.60. The van der Waals surface area contributed by atoms with Crippen LogP contribution >= 0.6 is 0 Å². The molecule has 0 spiro atoms. The fourth-order valence-electron chi connectivity index (χ4n) is 2.45. The number of nitrogens with one attached hydrogen (secondary N) is 2. The molecule has 1 heterocycles. The van der Waals surface area contributed by atoms with Gasteiger partial charge < -0.3 is 10.6 Å². The number of anilines is 3. The van der Waals surface area contributed by atoms with Crippen LogP contribution in [0.2, 0.25) is 0 Å². The second kappa shape index (κ2) is 7.86. The van der Waals surface area contributed by atoms with Gasteiger partial charge in [-0.1, -0.05) is 25.1 Å². The summed E-state index contributed by atoms with van der Waals surface area (Å²) in [6, 6.07) is 10.4. The number of nitrogens with zero attached hydrogens (tertiary/aromatic N) is 2. The summed E-state index contributed by atoms with van der Waals surface area (Å²) in [5.41, 5.74) is 1.34. The maximum atomic E-state index is 13.8. The smallest absolute Gasteiger partial charge is 0.274 e. The number of para-hydroxylation sites is 1. The minimum absolute atomic E-state index is 0.0291. The summed E-state index contributed by atoms with van der Waals surface area (Å²) in [7, 11) is 0. The van der Waals surface area contributed by atoms with Crippen LogP contribution in [0.15, 0.2) is 48.8 Å². The van der Waals surface area contributed by atoms with Gasteiger partial charge in [0.15, 0.2) is 17.5 Å². The molecule has 2 N–H and O–H groups in total. The van der Waals surface area contributed by atoms with E-state index < -0.39 is 23.4 Å². The lowest BCUT2D eigenvalue weighted by molar-refractivity contribution is 0.102. The van der Waals surface area contributed by atoms with Crippen molar-refractivity contribution >= 4 is 23.1 Å². The summed E-state index contributed by atoms with van der Waals surface area (Å²) < 4.78 is 40.1. The van der Waals surface area contributed by atoms with Crippen LogP contribution in [0.5, 0.6) is 0 Å². The lowest BCUT2D eigenvalue weighted by atomic mass is 10.1. The number of halogens is 3. The van der Waals surface area contributed by atoms with Crippen LogP contribution in [-0.4, -0.2) is 15.9 Å².